The van der Waals surface area contributed by atoms with Gasteiger partial charge in [-0.05, 0) is 21.1 Å². The van der Waals surface area contributed by atoms with Crippen molar-refractivity contribution in [1.82, 2.24) is 14.7 Å². The molecule has 1 fully saturated rings. The molecule has 0 aromatic rings. The first-order chi connectivity index (χ1) is 7.08. The Labute approximate surface area is 89.1 Å². The minimum Gasteiger partial charge on any atom is -0.251 e. The number of nitrogens with zero attached hydrogens (tertiary/aromatic N) is 6. The topological polar surface area (TPSA) is 81.1 Å². The SMILES string of the molecule is CN1C(C#N)N(C)C(C#N)N(C)C1C#N. The van der Waals surface area contributed by atoms with E-state index in [0.717, 1.165) is 0 Å². The van der Waals surface area contributed by atoms with Gasteiger partial charge in [-0.2, -0.15) is 15.8 Å². The largest absolute Gasteiger partial charge is 0.251 e. The average molecular weight is 204 g/mol. The summed E-state index contributed by atoms with van der Waals surface area (Å²) in [5.41, 5.74) is 0. The molecular formula is C9H12N6. The predicted octanol–water partition coefficient (Wildman–Crippen LogP) is -0.656. The summed E-state index contributed by atoms with van der Waals surface area (Å²) >= 11 is 0. The highest BCUT2D eigenvalue weighted by Gasteiger charge is 2.41. The Kier molecular flexibility index (Phi) is 3.24. The molecule has 0 aliphatic carbocycles. The summed E-state index contributed by atoms with van der Waals surface area (Å²) in [7, 11) is 5.09. The average Bonchev–Trinajstić information content (AvgIpc) is 2.19. The van der Waals surface area contributed by atoms with Crippen LogP contribution in [0.5, 0.6) is 0 Å². The van der Waals surface area contributed by atoms with Gasteiger partial charge in [-0.25, -0.2) is 0 Å². The van der Waals surface area contributed by atoms with Crippen molar-refractivity contribution < 1.29 is 0 Å². The fourth-order valence-corrected chi connectivity index (χ4v) is 1.81. The van der Waals surface area contributed by atoms with Crippen LogP contribution in [0.4, 0.5) is 0 Å². The molecule has 1 saturated heterocycles. The Hall–Kier alpha value is -1.65. The Morgan fingerprint density at radius 1 is 0.667 bits per heavy atom. The van der Waals surface area contributed by atoms with E-state index in [1.54, 1.807) is 35.8 Å². The predicted molar refractivity (Wildman–Crippen MR) is 51.5 cm³/mol. The van der Waals surface area contributed by atoms with Crippen molar-refractivity contribution in [3.8, 4) is 18.2 Å². The Morgan fingerprint density at radius 3 is 1.00 bits per heavy atom. The lowest BCUT2D eigenvalue weighted by atomic mass is 10.2. The van der Waals surface area contributed by atoms with E-state index in [4.69, 9.17) is 15.8 Å². The minimum atomic E-state index is -0.546. The quantitative estimate of drug-likeness (QED) is 0.521. The molecule has 0 spiro atoms. The molecule has 1 aliphatic heterocycles. The lowest BCUT2D eigenvalue weighted by Gasteiger charge is -2.47. The molecule has 0 unspecified atom stereocenters. The zero-order valence-corrected chi connectivity index (χ0v) is 8.92. The molecule has 0 atom stereocenters. The van der Waals surface area contributed by atoms with E-state index in [2.05, 4.69) is 18.2 Å². The second kappa shape index (κ2) is 4.25. The van der Waals surface area contributed by atoms with Crippen LogP contribution in [0.15, 0.2) is 0 Å². The van der Waals surface area contributed by atoms with Crippen LogP contribution in [0, 0.1) is 34.0 Å². The van der Waals surface area contributed by atoms with Gasteiger partial charge < -0.3 is 0 Å². The Bertz CT molecular complexity index is 289. The van der Waals surface area contributed by atoms with Gasteiger partial charge in [-0.1, -0.05) is 0 Å². The highest BCUT2D eigenvalue weighted by Crippen LogP contribution is 2.20. The van der Waals surface area contributed by atoms with E-state index in [1.165, 1.54) is 0 Å². The van der Waals surface area contributed by atoms with Crippen LogP contribution in [0.1, 0.15) is 0 Å². The van der Waals surface area contributed by atoms with Gasteiger partial charge in [0.1, 0.15) is 0 Å². The Balaban J connectivity index is 3.07. The number of rotatable bonds is 0. The van der Waals surface area contributed by atoms with Crippen LogP contribution in [0.3, 0.4) is 0 Å². The van der Waals surface area contributed by atoms with Gasteiger partial charge in [0.05, 0.1) is 18.2 Å². The molecule has 15 heavy (non-hydrogen) atoms. The van der Waals surface area contributed by atoms with E-state index in [9.17, 15) is 0 Å². The lowest BCUT2D eigenvalue weighted by molar-refractivity contribution is -0.0813. The van der Waals surface area contributed by atoms with Crippen LogP contribution in [0.2, 0.25) is 0 Å². The fraction of sp³-hybridized carbons (Fsp3) is 0.667. The first kappa shape index (κ1) is 11.4. The molecule has 0 aromatic heterocycles. The number of hydrogen-bond acceptors (Lipinski definition) is 6. The molecular weight excluding hydrogens is 192 g/mol. The van der Waals surface area contributed by atoms with Gasteiger partial charge in [0.25, 0.3) is 0 Å². The first-order valence-electron chi connectivity index (χ1n) is 4.43. The van der Waals surface area contributed by atoms with Gasteiger partial charge in [0, 0.05) is 0 Å². The van der Waals surface area contributed by atoms with Crippen molar-refractivity contribution in [3.05, 3.63) is 0 Å². The fourth-order valence-electron chi connectivity index (χ4n) is 1.81. The summed E-state index contributed by atoms with van der Waals surface area (Å²) in [5.74, 6) is 0. The van der Waals surface area contributed by atoms with Crippen molar-refractivity contribution in [1.29, 1.82) is 15.8 Å². The maximum atomic E-state index is 8.97. The van der Waals surface area contributed by atoms with Gasteiger partial charge in [-0.15, -0.1) is 0 Å². The smallest absolute Gasteiger partial charge is 0.156 e. The van der Waals surface area contributed by atoms with Gasteiger partial charge in [0.15, 0.2) is 18.5 Å². The maximum Gasteiger partial charge on any atom is 0.156 e. The molecule has 1 heterocycles. The summed E-state index contributed by atoms with van der Waals surface area (Å²) in [5, 5.41) is 26.9. The van der Waals surface area contributed by atoms with Crippen molar-refractivity contribution in [2.75, 3.05) is 21.1 Å². The second-order valence-electron chi connectivity index (χ2n) is 3.50. The zero-order chi connectivity index (χ0) is 11.6. The lowest BCUT2D eigenvalue weighted by Crippen LogP contribution is -2.66. The number of hydrogen-bond donors (Lipinski definition) is 0. The van der Waals surface area contributed by atoms with Gasteiger partial charge in [0.2, 0.25) is 0 Å². The molecule has 0 N–H and O–H groups in total. The summed E-state index contributed by atoms with van der Waals surface area (Å²) in [6.45, 7) is 0. The summed E-state index contributed by atoms with van der Waals surface area (Å²) in [4.78, 5) is 4.90. The van der Waals surface area contributed by atoms with E-state index < -0.39 is 18.5 Å². The standard InChI is InChI=1S/C9H12N6/c1-13-7(4-10)14(2)9(6-12)15(3)8(13)5-11/h7-9H,1-3H3. The van der Waals surface area contributed by atoms with Crippen LogP contribution in [0.25, 0.3) is 0 Å². The molecule has 1 aliphatic rings. The first-order valence-corrected chi connectivity index (χ1v) is 4.43. The molecule has 6 heteroatoms. The molecule has 6 nitrogen and oxygen atoms in total. The maximum absolute atomic E-state index is 8.97. The van der Waals surface area contributed by atoms with Crippen LogP contribution in [-0.2, 0) is 0 Å². The molecule has 0 amide bonds. The summed E-state index contributed by atoms with van der Waals surface area (Å²) in [6.07, 6.45) is -1.64. The highest BCUT2D eigenvalue weighted by atomic mass is 15.5. The van der Waals surface area contributed by atoms with E-state index in [1.807, 2.05) is 0 Å². The molecule has 0 radical (unpaired) electrons. The normalized spacial score (nSPS) is 34.0. The third-order valence-corrected chi connectivity index (χ3v) is 2.66. The molecule has 78 valence electrons. The van der Waals surface area contributed by atoms with Gasteiger partial charge >= 0.3 is 0 Å². The van der Waals surface area contributed by atoms with Crippen molar-refractivity contribution in [2.45, 2.75) is 18.5 Å². The summed E-state index contributed by atoms with van der Waals surface area (Å²) < 4.78 is 0. The third-order valence-electron chi connectivity index (χ3n) is 2.66. The van der Waals surface area contributed by atoms with Crippen LogP contribution in [-0.4, -0.2) is 54.3 Å². The van der Waals surface area contributed by atoms with Crippen LogP contribution >= 0.6 is 0 Å². The Morgan fingerprint density at radius 2 is 0.867 bits per heavy atom. The van der Waals surface area contributed by atoms with Crippen molar-refractivity contribution in [2.24, 2.45) is 0 Å². The second-order valence-corrected chi connectivity index (χ2v) is 3.50. The third kappa shape index (κ3) is 1.65. The number of nitriles is 3. The van der Waals surface area contributed by atoms with E-state index >= 15 is 0 Å². The summed E-state index contributed by atoms with van der Waals surface area (Å²) in [6, 6.07) is 6.23. The van der Waals surface area contributed by atoms with Crippen LogP contribution < -0.4 is 0 Å². The molecule has 0 saturated carbocycles. The van der Waals surface area contributed by atoms with E-state index in [-0.39, 0.29) is 0 Å². The minimum absolute atomic E-state index is 0.546. The van der Waals surface area contributed by atoms with Crippen molar-refractivity contribution >= 4 is 0 Å². The zero-order valence-electron chi connectivity index (χ0n) is 8.92. The monoisotopic (exact) mass is 204 g/mol. The highest BCUT2D eigenvalue weighted by molar-refractivity contribution is 5.08. The molecule has 0 aromatic carbocycles. The van der Waals surface area contributed by atoms with Crippen molar-refractivity contribution in [3.63, 3.8) is 0 Å². The molecule has 0 bridgehead atoms. The molecule has 1 rings (SSSR count). The van der Waals surface area contributed by atoms with Gasteiger partial charge in [-0.3, -0.25) is 14.7 Å². The van der Waals surface area contributed by atoms with E-state index in [0.29, 0.717) is 0 Å².